The lowest BCUT2D eigenvalue weighted by Gasteiger charge is -2.06. The largest absolute Gasteiger partial charge is 0.508 e. The van der Waals surface area contributed by atoms with E-state index in [9.17, 15) is 9.90 Å². The summed E-state index contributed by atoms with van der Waals surface area (Å²) >= 11 is 0. The van der Waals surface area contributed by atoms with Gasteiger partial charge in [-0.3, -0.25) is 4.79 Å². The number of rotatable bonds is 6. The average molecular weight is 284 g/mol. The Morgan fingerprint density at radius 2 is 1.62 bits per heavy atom. The van der Waals surface area contributed by atoms with Gasteiger partial charge in [0.25, 0.3) is 5.91 Å². The molecule has 0 radical (unpaired) electrons. The normalized spacial score (nSPS) is 10.3. The third kappa shape index (κ3) is 4.61. The zero-order valence-corrected chi connectivity index (χ0v) is 12.1. The number of benzene rings is 2. The Kier molecular flexibility index (Phi) is 5.35. The van der Waals surface area contributed by atoms with Gasteiger partial charge in [-0.25, -0.2) is 0 Å². The average Bonchev–Trinajstić information content (AvgIpc) is 2.53. The number of carbonyl (C=O) groups excluding carboxylic acids is 1. The highest BCUT2D eigenvalue weighted by molar-refractivity contribution is 5.93. The minimum atomic E-state index is -0.0677. The molecule has 0 aromatic heterocycles. The summed E-state index contributed by atoms with van der Waals surface area (Å²) in [6.07, 6.45) is 0.913. The van der Waals surface area contributed by atoms with E-state index in [-0.39, 0.29) is 5.91 Å². The van der Waals surface area contributed by atoms with Crippen molar-refractivity contribution >= 4 is 5.91 Å². The molecular weight excluding hydrogens is 264 g/mol. The molecule has 110 valence electrons. The number of amides is 1. The van der Waals surface area contributed by atoms with E-state index < -0.39 is 0 Å². The quantitative estimate of drug-likeness (QED) is 0.712. The van der Waals surface area contributed by atoms with Gasteiger partial charge in [-0.1, -0.05) is 24.3 Å². The van der Waals surface area contributed by atoms with Gasteiger partial charge in [-0.15, -0.1) is 0 Å². The standard InChI is InChI=1S/C17H20N2O2/c1-18-17(21)15-6-2-14(3-7-15)12-19-11-10-13-4-8-16(20)9-5-13/h2-9,19-20H,10-12H2,1H3,(H,18,21). The predicted molar refractivity (Wildman–Crippen MR) is 83.3 cm³/mol. The highest BCUT2D eigenvalue weighted by atomic mass is 16.3. The lowest BCUT2D eigenvalue weighted by Crippen LogP contribution is -2.18. The highest BCUT2D eigenvalue weighted by Crippen LogP contribution is 2.09. The molecule has 3 N–H and O–H groups in total. The van der Waals surface area contributed by atoms with Gasteiger partial charge in [0, 0.05) is 19.2 Å². The van der Waals surface area contributed by atoms with Crippen molar-refractivity contribution < 1.29 is 9.90 Å². The van der Waals surface area contributed by atoms with Crippen LogP contribution >= 0.6 is 0 Å². The number of phenols is 1. The van der Waals surface area contributed by atoms with Crippen LogP contribution in [0.5, 0.6) is 5.75 Å². The zero-order chi connectivity index (χ0) is 15.1. The third-order valence-corrected chi connectivity index (χ3v) is 3.30. The first-order valence-electron chi connectivity index (χ1n) is 6.98. The Morgan fingerprint density at radius 1 is 1.00 bits per heavy atom. The topological polar surface area (TPSA) is 61.4 Å². The van der Waals surface area contributed by atoms with E-state index in [0.717, 1.165) is 25.1 Å². The molecule has 2 aromatic rings. The van der Waals surface area contributed by atoms with Crippen molar-refractivity contribution in [1.29, 1.82) is 0 Å². The molecule has 4 heteroatoms. The Labute approximate surface area is 124 Å². The summed E-state index contributed by atoms with van der Waals surface area (Å²) in [7, 11) is 1.63. The second kappa shape index (κ2) is 7.45. The predicted octanol–water partition coefficient (Wildman–Crippen LogP) is 2.08. The molecule has 0 heterocycles. The van der Waals surface area contributed by atoms with E-state index in [4.69, 9.17) is 0 Å². The third-order valence-electron chi connectivity index (χ3n) is 3.30. The van der Waals surface area contributed by atoms with Crippen molar-refractivity contribution in [2.45, 2.75) is 13.0 Å². The van der Waals surface area contributed by atoms with Crippen LogP contribution in [-0.4, -0.2) is 24.6 Å². The number of hydrogen-bond acceptors (Lipinski definition) is 3. The van der Waals surface area contributed by atoms with Crippen LogP contribution in [-0.2, 0) is 13.0 Å². The van der Waals surface area contributed by atoms with E-state index >= 15 is 0 Å². The monoisotopic (exact) mass is 284 g/mol. The van der Waals surface area contributed by atoms with E-state index in [1.807, 2.05) is 36.4 Å². The second-order valence-corrected chi connectivity index (χ2v) is 4.87. The first-order chi connectivity index (χ1) is 10.2. The van der Waals surface area contributed by atoms with Gasteiger partial charge >= 0.3 is 0 Å². The molecule has 4 nitrogen and oxygen atoms in total. The summed E-state index contributed by atoms with van der Waals surface area (Å²) in [6.45, 7) is 1.63. The fraction of sp³-hybridized carbons (Fsp3) is 0.235. The highest BCUT2D eigenvalue weighted by Gasteiger charge is 2.02. The molecule has 0 spiro atoms. The fourth-order valence-corrected chi connectivity index (χ4v) is 2.05. The van der Waals surface area contributed by atoms with Gasteiger partial charge in [-0.05, 0) is 48.4 Å². The molecule has 0 fully saturated rings. The smallest absolute Gasteiger partial charge is 0.251 e. The number of nitrogens with one attached hydrogen (secondary N) is 2. The van der Waals surface area contributed by atoms with Gasteiger partial charge in [0.2, 0.25) is 0 Å². The summed E-state index contributed by atoms with van der Waals surface area (Å²) in [5.74, 6) is 0.227. The molecule has 0 atom stereocenters. The molecule has 1 amide bonds. The van der Waals surface area contributed by atoms with E-state index in [1.54, 1.807) is 19.2 Å². The zero-order valence-electron chi connectivity index (χ0n) is 12.1. The van der Waals surface area contributed by atoms with Crippen molar-refractivity contribution in [3.8, 4) is 5.75 Å². The minimum Gasteiger partial charge on any atom is -0.508 e. The lowest BCUT2D eigenvalue weighted by molar-refractivity contribution is 0.0963. The van der Waals surface area contributed by atoms with E-state index in [1.165, 1.54) is 5.56 Å². The molecule has 0 saturated heterocycles. The minimum absolute atomic E-state index is 0.0677. The Bertz CT molecular complexity index is 577. The molecule has 0 aliphatic rings. The molecule has 0 aliphatic carbocycles. The molecule has 0 saturated carbocycles. The van der Waals surface area contributed by atoms with Crippen molar-refractivity contribution in [3.05, 3.63) is 65.2 Å². The van der Waals surface area contributed by atoms with Crippen LogP contribution in [0.1, 0.15) is 21.5 Å². The summed E-state index contributed by atoms with van der Waals surface area (Å²) < 4.78 is 0. The van der Waals surface area contributed by atoms with Gasteiger partial charge in [0.15, 0.2) is 0 Å². The summed E-state index contributed by atoms with van der Waals surface area (Å²) in [5, 5.41) is 15.2. The number of carbonyl (C=O) groups is 1. The van der Waals surface area contributed by atoms with E-state index in [0.29, 0.717) is 11.3 Å². The summed E-state index contributed by atoms with van der Waals surface area (Å²) in [4.78, 5) is 11.4. The Hall–Kier alpha value is -2.33. The lowest BCUT2D eigenvalue weighted by atomic mass is 10.1. The molecule has 0 aliphatic heterocycles. The maximum Gasteiger partial charge on any atom is 0.251 e. The first-order valence-corrected chi connectivity index (χ1v) is 6.98. The van der Waals surface area contributed by atoms with E-state index in [2.05, 4.69) is 10.6 Å². The Balaban J connectivity index is 1.75. The molecule has 0 bridgehead atoms. The van der Waals surface area contributed by atoms with Crippen molar-refractivity contribution in [2.24, 2.45) is 0 Å². The summed E-state index contributed by atoms with van der Waals surface area (Å²) in [6, 6.07) is 14.8. The van der Waals surface area contributed by atoms with Crippen LogP contribution in [0.2, 0.25) is 0 Å². The molecule has 0 unspecified atom stereocenters. The maximum atomic E-state index is 11.4. The van der Waals surface area contributed by atoms with Crippen LogP contribution in [0.3, 0.4) is 0 Å². The van der Waals surface area contributed by atoms with Crippen LogP contribution in [0, 0.1) is 0 Å². The molecule has 2 aromatic carbocycles. The number of phenolic OH excluding ortho intramolecular Hbond substituents is 1. The van der Waals surface area contributed by atoms with Crippen LogP contribution in [0.15, 0.2) is 48.5 Å². The van der Waals surface area contributed by atoms with Crippen LogP contribution in [0.4, 0.5) is 0 Å². The van der Waals surface area contributed by atoms with Crippen LogP contribution in [0.25, 0.3) is 0 Å². The SMILES string of the molecule is CNC(=O)c1ccc(CNCCc2ccc(O)cc2)cc1. The molecular formula is C17H20N2O2. The van der Waals surface area contributed by atoms with Gasteiger partial charge in [0.1, 0.15) is 5.75 Å². The van der Waals surface area contributed by atoms with Crippen molar-refractivity contribution in [1.82, 2.24) is 10.6 Å². The van der Waals surface area contributed by atoms with Crippen LogP contribution < -0.4 is 10.6 Å². The molecule has 21 heavy (non-hydrogen) atoms. The summed E-state index contributed by atoms with van der Waals surface area (Å²) in [5.41, 5.74) is 3.01. The van der Waals surface area contributed by atoms with Crippen molar-refractivity contribution in [2.75, 3.05) is 13.6 Å². The van der Waals surface area contributed by atoms with Gasteiger partial charge < -0.3 is 15.7 Å². The first kappa shape index (κ1) is 15.1. The fourth-order valence-electron chi connectivity index (χ4n) is 2.05. The number of aromatic hydroxyl groups is 1. The second-order valence-electron chi connectivity index (χ2n) is 4.87. The maximum absolute atomic E-state index is 11.4. The van der Waals surface area contributed by atoms with Gasteiger partial charge in [0.05, 0.1) is 0 Å². The Morgan fingerprint density at radius 3 is 2.24 bits per heavy atom. The van der Waals surface area contributed by atoms with Gasteiger partial charge in [-0.2, -0.15) is 0 Å². The number of hydrogen-bond donors (Lipinski definition) is 3. The van der Waals surface area contributed by atoms with Crippen molar-refractivity contribution in [3.63, 3.8) is 0 Å². The molecule has 2 rings (SSSR count).